The van der Waals surface area contributed by atoms with Gasteiger partial charge in [0.25, 0.3) is 5.91 Å². The number of hydrogen-bond acceptors (Lipinski definition) is 5. The minimum absolute atomic E-state index is 0.0275. The summed E-state index contributed by atoms with van der Waals surface area (Å²) >= 11 is 0. The highest BCUT2D eigenvalue weighted by atomic mass is 19.1. The molecular formula is C23H34FN3O4. The van der Waals surface area contributed by atoms with Crippen LogP contribution in [0.2, 0.25) is 0 Å². The van der Waals surface area contributed by atoms with Crippen molar-refractivity contribution >= 4 is 17.7 Å². The Labute approximate surface area is 183 Å². The van der Waals surface area contributed by atoms with Crippen molar-refractivity contribution in [2.24, 2.45) is 0 Å². The maximum Gasteiger partial charge on any atom is 0.326 e. The number of hydrogen-bond donors (Lipinski definition) is 3. The van der Waals surface area contributed by atoms with Gasteiger partial charge in [-0.25, -0.2) is 14.2 Å². The van der Waals surface area contributed by atoms with E-state index in [4.69, 9.17) is 9.72 Å². The summed E-state index contributed by atoms with van der Waals surface area (Å²) in [6.45, 7) is 1.35. The monoisotopic (exact) mass is 435 g/mol. The van der Waals surface area contributed by atoms with Crippen molar-refractivity contribution in [2.45, 2.75) is 82.3 Å². The molecule has 1 fully saturated rings. The molecule has 0 radical (unpaired) electrons. The number of halogens is 1. The molecule has 0 saturated carbocycles. The van der Waals surface area contributed by atoms with Crippen LogP contribution in [0, 0.1) is 0 Å². The molecule has 1 saturated heterocycles. The topological polar surface area (TPSA) is 101 Å². The van der Waals surface area contributed by atoms with Gasteiger partial charge in [-0.15, -0.1) is 0 Å². The molecule has 172 valence electrons. The minimum atomic E-state index is -2.02. The second-order valence-corrected chi connectivity index (χ2v) is 8.59. The number of nitrogens with zero attached hydrogens (tertiary/aromatic N) is 1. The summed E-state index contributed by atoms with van der Waals surface area (Å²) in [6.07, 6.45) is 8.08. The third-order valence-electron chi connectivity index (χ3n) is 6.17. The molecule has 0 aliphatic carbocycles. The summed E-state index contributed by atoms with van der Waals surface area (Å²) in [4.78, 5) is 28.4. The zero-order valence-electron chi connectivity index (χ0n) is 18.1. The van der Waals surface area contributed by atoms with Crippen LogP contribution < -0.4 is 10.6 Å². The highest BCUT2D eigenvalue weighted by molar-refractivity contribution is 5.89. The van der Waals surface area contributed by atoms with Crippen molar-refractivity contribution in [3.05, 3.63) is 23.4 Å². The normalized spacial score (nSPS) is 18.5. The van der Waals surface area contributed by atoms with Gasteiger partial charge in [-0.3, -0.25) is 4.79 Å². The van der Waals surface area contributed by atoms with E-state index in [0.717, 1.165) is 63.0 Å². The molecule has 0 aromatic carbocycles. The van der Waals surface area contributed by atoms with Gasteiger partial charge in [0.15, 0.2) is 5.67 Å². The van der Waals surface area contributed by atoms with E-state index < -0.39 is 23.6 Å². The number of amides is 1. The molecule has 2 aliphatic heterocycles. The van der Waals surface area contributed by atoms with E-state index in [1.54, 1.807) is 0 Å². The lowest BCUT2D eigenvalue weighted by atomic mass is 9.94. The van der Waals surface area contributed by atoms with Gasteiger partial charge < -0.3 is 20.5 Å². The number of aromatic nitrogens is 1. The number of rotatable bonds is 11. The Balaban J connectivity index is 1.31. The number of aliphatic carboxylic acids is 1. The van der Waals surface area contributed by atoms with Crippen molar-refractivity contribution in [3.63, 3.8) is 0 Å². The van der Waals surface area contributed by atoms with Crippen LogP contribution in [0.5, 0.6) is 0 Å². The Morgan fingerprint density at radius 1 is 1.19 bits per heavy atom. The number of fused-ring (bicyclic) bond motifs is 1. The van der Waals surface area contributed by atoms with E-state index in [2.05, 4.69) is 22.8 Å². The van der Waals surface area contributed by atoms with Gasteiger partial charge in [-0.1, -0.05) is 31.7 Å². The predicted molar refractivity (Wildman–Crippen MR) is 116 cm³/mol. The Morgan fingerprint density at radius 2 is 1.94 bits per heavy atom. The molecule has 1 amide bonds. The average Bonchev–Trinajstić information content (AvgIpc) is 2.77. The van der Waals surface area contributed by atoms with Gasteiger partial charge >= 0.3 is 5.97 Å². The van der Waals surface area contributed by atoms with Crippen LogP contribution in [0.3, 0.4) is 0 Å². The molecule has 31 heavy (non-hydrogen) atoms. The molecule has 3 N–H and O–H groups in total. The molecule has 1 atom stereocenters. The van der Waals surface area contributed by atoms with Crippen LogP contribution >= 0.6 is 0 Å². The number of carbonyl (C=O) groups is 2. The smallest absolute Gasteiger partial charge is 0.326 e. The number of aryl methyl sites for hydroxylation is 2. The maximum atomic E-state index is 14.7. The van der Waals surface area contributed by atoms with E-state index in [1.165, 1.54) is 5.56 Å². The van der Waals surface area contributed by atoms with Crippen molar-refractivity contribution in [1.29, 1.82) is 0 Å². The quantitative estimate of drug-likeness (QED) is 0.461. The number of anilines is 1. The molecule has 3 heterocycles. The predicted octanol–water partition coefficient (Wildman–Crippen LogP) is 3.41. The first kappa shape index (κ1) is 23.4. The SMILES string of the molecule is O=C(O)[C@H](CCCCCCCc1ccc2c(n1)NCCC2)NC(=O)C1(F)CCOCC1. The van der Waals surface area contributed by atoms with Gasteiger partial charge in [0.05, 0.1) is 13.2 Å². The summed E-state index contributed by atoms with van der Waals surface area (Å²) in [6, 6.07) is 3.24. The Hall–Kier alpha value is -2.22. The molecule has 7 nitrogen and oxygen atoms in total. The summed E-state index contributed by atoms with van der Waals surface area (Å²) in [5, 5.41) is 15.1. The molecule has 1 aromatic rings. The van der Waals surface area contributed by atoms with Crippen LogP contribution in [0.25, 0.3) is 0 Å². The number of alkyl halides is 1. The molecule has 8 heteroatoms. The zero-order valence-corrected chi connectivity index (χ0v) is 18.1. The van der Waals surface area contributed by atoms with Gasteiger partial charge in [0.1, 0.15) is 11.9 Å². The molecular weight excluding hydrogens is 401 g/mol. The third-order valence-corrected chi connectivity index (χ3v) is 6.17. The first-order valence-electron chi connectivity index (χ1n) is 11.5. The fourth-order valence-electron chi connectivity index (χ4n) is 4.16. The van der Waals surface area contributed by atoms with Crippen molar-refractivity contribution in [1.82, 2.24) is 10.3 Å². The highest BCUT2D eigenvalue weighted by Gasteiger charge is 2.41. The zero-order chi connectivity index (χ0) is 22.1. The minimum Gasteiger partial charge on any atom is -0.480 e. The maximum absolute atomic E-state index is 14.7. The van der Waals surface area contributed by atoms with Crippen LogP contribution in [-0.4, -0.2) is 53.4 Å². The lowest BCUT2D eigenvalue weighted by Gasteiger charge is -2.29. The second kappa shape index (κ2) is 11.4. The fraction of sp³-hybridized carbons (Fsp3) is 0.696. The fourth-order valence-corrected chi connectivity index (χ4v) is 4.16. The summed E-state index contributed by atoms with van der Waals surface area (Å²) in [5.41, 5.74) is 0.382. The van der Waals surface area contributed by atoms with E-state index in [-0.39, 0.29) is 26.1 Å². The molecule has 1 aromatic heterocycles. The van der Waals surface area contributed by atoms with E-state index in [1.807, 2.05) is 0 Å². The Bertz CT molecular complexity index is 752. The number of carbonyl (C=O) groups excluding carboxylic acids is 1. The average molecular weight is 436 g/mol. The first-order valence-corrected chi connectivity index (χ1v) is 11.5. The van der Waals surface area contributed by atoms with E-state index >= 15 is 0 Å². The standard InChI is InChI=1S/C23H34FN3O4/c24-23(12-15-31-16-13-23)22(30)27-19(21(28)29)9-5-3-1-2-4-8-18-11-10-17-7-6-14-25-20(17)26-18/h10-11,19H,1-9,12-16H2,(H,25,26)(H,27,30)(H,28,29)/t19-/m0/s1. The number of ether oxygens (including phenoxy) is 1. The summed E-state index contributed by atoms with van der Waals surface area (Å²) in [5.74, 6) is -0.910. The second-order valence-electron chi connectivity index (χ2n) is 8.59. The van der Waals surface area contributed by atoms with Crippen molar-refractivity contribution in [3.8, 4) is 0 Å². The van der Waals surface area contributed by atoms with Crippen molar-refractivity contribution in [2.75, 3.05) is 25.1 Å². The van der Waals surface area contributed by atoms with Crippen LogP contribution in [0.1, 0.15) is 69.0 Å². The molecule has 0 spiro atoms. The number of carboxylic acid groups (broad SMARTS) is 1. The Morgan fingerprint density at radius 3 is 2.71 bits per heavy atom. The largest absolute Gasteiger partial charge is 0.480 e. The van der Waals surface area contributed by atoms with Gasteiger partial charge in [0.2, 0.25) is 0 Å². The highest BCUT2D eigenvalue weighted by Crippen LogP contribution is 2.26. The van der Waals surface area contributed by atoms with Crippen LogP contribution in [0.15, 0.2) is 12.1 Å². The van der Waals surface area contributed by atoms with Crippen LogP contribution in [-0.2, 0) is 27.2 Å². The first-order chi connectivity index (χ1) is 15.0. The lowest BCUT2D eigenvalue weighted by Crippen LogP contribution is -2.52. The summed E-state index contributed by atoms with van der Waals surface area (Å²) in [7, 11) is 0. The van der Waals surface area contributed by atoms with Gasteiger partial charge in [-0.05, 0) is 43.7 Å². The lowest BCUT2D eigenvalue weighted by molar-refractivity contribution is -0.147. The molecule has 2 aliphatic rings. The number of unbranched alkanes of at least 4 members (excludes halogenated alkanes) is 4. The Kier molecular flexibility index (Phi) is 8.63. The number of carboxylic acids is 1. The number of pyridine rings is 1. The third kappa shape index (κ3) is 6.89. The van der Waals surface area contributed by atoms with Crippen LogP contribution in [0.4, 0.5) is 10.2 Å². The van der Waals surface area contributed by atoms with E-state index in [9.17, 15) is 19.1 Å². The van der Waals surface area contributed by atoms with E-state index in [0.29, 0.717) is 12.8 Å². The molecule has 3 rings (SSSR count). The van der Waals surface area contributed by atoms with Gasteiger partial charge in [-0.2, -0.15) is 0 Å². The molecule has 0 unspecified atom stereocenters. The van der Waals surface area contributed by atoms with Crippen molar-refractivity contribution < 1.29 is 23.8 Å². The molecule has 0 bridgehead atoms. The number of nitrogens with one attached hydrogen (secondary N) is 2. The summed E-state index contributed by atoms with van der Waals surface area (Å²) < 4.78 is 19.7. The van der Waals surface area contributed by atoms with Gasteiger partial charge in [0, 0.05) is 25.1 Å².